The zero-order valence-electron chi connectivity index (χ0n) is 26.9. The van der Waals surface area contributed by atoms with Crippen LogP contribution < -0.4 is 0 Å². The Labute approximate surface area is 243 Å². The van der Waals surface area contributed by atoms with Gasteiger partial charge in [-0.1, -0.05) is 121 Å². The first-order valence-electron chi connectivity index (χ1n) is 16.2. The van der Waals surface area contributed by atoms with Crippen LogP contribution in [0.15, 0.2) is 150 Å². The Morgan fingerprint density at radius 3 is 1.93 bits per heavy atom. The van der Waals surface area contributed by atoms with Gasteiger partial charge in [-0.25, -0.2) is 0 Å². The summed E-state index contributed by atoms with van der Waals surface area (Å²) in [6, 6.07) is 37.7. The molecule has 0 fully saturated rings. The number of rotatable bonds is 2. The zero-order chi connectivity index (χ0) is 31.3. The van der Waals surface area contributed by atoms with Gasteiger partial charge >= 0.3 is 0 Å². The summed E-state index contributed by atoms with van der Waals surface area (Å²) in [4.78, 5) is 0. The molecule has 0 bridgehead atoms. The fourth-order valence-corrected chi connectivity index (χ4v) is 6.48. The molecule has 1 nitrogen and oxygen atoms in total. The van der Waals surface area contributed by atoms with Gasteiger partial charge in [0.15, 0.2) is 0 Å². The first-order valence-corrected chi connectivity index (χ1v) is 13.7. The summed E-state index contributed by atoms with van der Waals surface area (Å²) in [6.45, 7) is 0. The van der Waals surface area contributed by atoms with E-state index in [1.165, 1.54) is 0 Å². The van der Waals surface area contributed by atoms with Crippen molar-refractivity contribution in [3.05, 3.63) is 145 Å². The summed E-state index contributed by atoms with van der Waals surface area (Å²) in [5.41, 5.74) is 3.88. The molecule has 190 valence electrons. The average Bonchev–Trinajstić information content (AvgIpc) is 3.48. The van der Waals surface area contributed by atoms with Crippen molar-refractivity contribution in [1.29, 1.82) is 0 Å². The van der Waals surface area contributed by atoms with Gasteiger partial charge < -0.3 is 4.42 Å². The monoisotopic (exact) mass is 525 g/mol. The molecule has 1 aromatic heterocycles. The van der Waals surface area contributed by atoms with Crippen LogP contribution in [0.2, 0.25) is 0 Å². The maximum absolute atomic E-state index is 8.82. The van der Waals surface area contributed by atoms with Crippen molar-refractivity contribution < 1.29 is 11.3 Å². The lowest BCUT2D eigenvalue weighted by atomic mass is 9.86. The molecule has 41 heavy (non-hydrogen) atoms. The summed E-state index contributed by atoms with van der Waals surface area (Å²) >= 11 is 0. The van der Waals surface area contributed by atoms with Crippen molar-refractivity contribution in [3.63, 3.8) is 0 Å². The Bertz CT molecular complexity index is 2730. The molecule has 0 saturated carbocycles. The standard InChI is InChI=1S/C40H24O/c1-2-10-25(11-3-1)29-23-36(39-34-21-19-27-13-5-9-17-32(27)40(34)41-37(39)24-29)38-31-16-8-6-14-28(31)22-35-30-15-7-4-12-26(30)18-20-33(35)38/h1-24H/i1D,2D,3D,10D,11D. The highest BCUT2D eigenvalue weighted by atomic mass is 16.3. The Hall–Kier alpha value is -5.40. The quantitative estimate of drug-likeness (QED) is 0.162. The largest absolute Gasteiger partial charge is 0.455 e. The maximum atomic E-state index is 8.82. The number of hydrogen-bond donors (Lipinski definition) is 0. The minimum Gasteiger partial charge on any atom is -0.455 e. The Balaban J connectivity index is 1.52. The molecule has 0 aliphatic carbocycles. The smallest absolute Gasteiger partial charge is 0.143 e. The predicted octanol–water partition coefficient (Wildman–Crippen LogP) is 11.5. The van der Waals surface area contributed by atoms with Gasteiger partial charge in [-0.05, 0) is 84.2 Å². The lowest BCUT2D eigenvalue weighted by molar-refractivity contribution is 0.673. The van der Waals surface area contributed by atoms with E-state index in [9.17, 15) is 0 Å². The van der Waals surface area contributed by atoms with Crippen molar-refractivity contribution in [2.45, 2.75) is 0 Å². The van der Waals surface area contributed by atoms with E-state index < -0.39 is 6.04 Å². The van der Waals surface area contributed by atoms with E-state index in [4.69, 9.17) is 11.3 Å². The van der Waals surface area contributed by atoms with Gasteiger partial charge in [0.1, 0.15) is 11.2 Å². The van der Waals surface area contributed by atoms with Crippen molar-refractivity contribution in [2.75, 3.05) is 0 Å². The minimum absolute atomic E-state index is 0.148. The van der Waals surface area contributed by atoms with Crippen molar-refractivity contribution in [3.8, 4) is 22.3 Å². The maximum Gasteiger partial charge on any atom is 0.143 e. The van der Waals surface area contributed by atoms with Crippen LogP contribution in [0.5, 0.6) is 0 Å². The van der Waals surface area contributed by atoms with Gasteiger partial charge in [0.2, 0.25) is 0 Å². The first kappa shape index (κ1) is 18.0. The number of furan rings is 1. The molecule has 0 aliphatic heterocycles. The van der Waals surface area contributed by atoms with E-state index in [2.05, 4.69) is 72.8 Å². The Kier molecular flexibility index (Phi) is 3.76. The van der Waals surface area contributed by atoms with E-state index >= 15 is 0 Å². The molecule has 0 saturated heterocycles. The Morgan fingerprint density at radius 1 is 0.463 bits per heavy atom. The molecule has 1 heterocycles. The lowest BCUT2D eigenvalue weighted by Gasteiger charge is -2.16. The molecule has 9 aromatic rings. The van der Waals surface area contributed by atoms with Crippen LogP contribution in [0.3, 0.4) is 0 Å². The van der Waals surface area contributed by atoms with Crippen molar-refractivity contribution in [2.24, 2.45) is 0 Å². The van der Waals surface area contributed by atoms with Gasteiger partial charge in [0.25, 0.3) is 0 Å². The molecule has 0 aliphatic rings. The van der Waals surface area contributed by atoms with Gasteiger partial charge in [-0.2, -0.15) is 0 Å². The topological polar surface area (TPSA) is 13.1 Å². The summed E-state index contributed by atoms with van der Waals surface area (Å²) in [5.74, 6) is 0. The van der Waals surface area contributed by atoms with Crippen LogP contribution in [0.25, 0.3) is 87.3 Å². The normalized spacial score (nSPS) is 13.6. The highest BCUT2D eigenvalue weighted by molar-refractivity contribution is 6.26. The predicted molar refractivity (Wildman–Crippen MR) is 175 cm³/mol. The van der Waals surface area contributed by atoms with Gasteiger partial charge in [0, 0.05) is 16.2 Å². The molecule has 0 amide bonds. The van der Waals surface area contributed by atoms with Crippen LogP contribution in [-0.2, 0) is 0 Å². The molecular formula is C40H24O. The van der Waals surface area contributed by atoms with E-state index in [0.717, 1.165) is 70.6 Å². The molecule has 0 radical (unpaired) electrons. The van der Waals surface area contributed by atoms with Crippen LogP contribution in [-0.4, -0.2) is 0 Å². The van der Waals surface area contributed by atoms with E-state index in [0.29, 0.717) is 11.1 Å². The van der Waals surface area contributed by atoms with Crippen LogP contribution in [0.4, 0.5) is 0 Å². The van der Waals surface area contributed by atoms with Crippen molar-refractivity contribution in [1.82, 2.24) is 0 Å². The lowest BCUT2D eigenvalue weighted by Crippen LogP contribution is -1.89. The molecule has 0 N–H and O–H groups in total. The number of benzene rings is 8. The third-order valence-electron chi connectivity index (χ3n) is 8.29. The third kappa shape index (κ3) is 3.30. The summed E-state index contributed by atoms with van der Waals surface area (Å²) in [6.07, 6.45) is 0. The summed E-state index contributed by atoms with van der Waals surface area (Å²) < 4.78 is 49.3. The van der Waals surface area contributed by atoms with Crippen molar-refractivity contribution >= 4 is 65.0 Å². The van der Waals surface area contributed by atoms with Crippen LogP contribution >= 0.6 is 0 Å². The third-order valence-corrected chi connectivity index (χ3v) is 8.29. The fraction of sp³-hybridized carbons (Fsp3) is 0. The van der Waals surface area contributed by atoms with Gasteiger partial charge in [-0.3, -0.25) is 0 Å². The molecule has 9 rings (SSSR count). The van der Waals surface area contributed by atoms with Crippen LogP contribution in [0.1, 0.15) is 6.85 Å². The summed E-state index contributed by atoms with van der Waals surface area (Å²) in [5, 5.41) is 10.5. The fourth-order valence-electron chi connectivity index (χ4n) is 6.48. The highest BCUT2D eigenvalue weighted by Gasteiger charge is 2.20. The second kappa shape index (κ2) is 8.55. The van der Waals surface area contributed by atoms with E-state index in [1.807, 2.05) is 42.5 Å². The average molecular weight is 526 g/mol. The molecule has 0 spiro atoms. The number of hydrogen-bond acceptors (Lipinski definition) is 1. The van der Waals surface area contributed by atoms with E-state index in [1.54, 1.807) is 0 Å². The van der Waals surface area contributed by atoms with Crippen LogP contribution in [0, 0.1) is 0 Å². The SMILES string of the molecule is [2H]c1c([2H])c([2H])c(-c2cc(-c3c4ccccc4cc4c3ccc3ccccc34)c3c(c2)oc2c4ccccc4ccc23)c([2H])c1[2H]. The minimum atomic E-state index is -0.415. The second-order valence-electron chi connectivity index (χ2n) is 10.5. The first-order chi connectivity index (χ1) is 22.4. The molecule has 8 aromatic carbocycles. The summed E-state index contributed by atoms with van der Waals surface area (Å²) in [7, 11) is 0. The van der Waals surface area contributed by atoms with E-state index in [-0.39, 0.29) is 29.7 Å². The molecular weight excluding hydrogens is 496 g/mol. The number of fused-ring (bicyclic) bond motifs is 9. The highest BCUT2D eigenvalue weighted by Crippen LogP contribution is 2.46. The van der Waals surface area contributed by atoms with Gasteiger partial charge in [0.05, 0.1) is 6.85 Å². The molecule has 0 atom stereocenters. The van der Waals surface area contributed by atoms with Gasteiger partial charge in [-0.15, -0.1) is 0 Å². The second-order valence-corrected chi connectivity index (χ2v) is 10.5. The zero-order valence-corrected chi connectivity index (χ0v) is 21.9. The molecule has 1 heteroatoms. The molecule has 0 unspecified atom stereocenters. The Morgan fingerprint density at radius 2 is 1.12 bits per heavy atom.